The highest BCUT2D eigenvalue weighted by molar-refractivity contribution is 6.32. The summed E-state index contributed by atoms with van der Waals surface area (Å²) in [4.78, 5) is 23.8. The largest absolute Gasteiger partial charge is 0.483 e. The molecule has 138 valence electrons. The first-order valence-corrected chi connectivity index (χ1v) is 8.44. The Balaban J connectivity index is 1.77. The van der Waals surface area contributed by atoms with Gasteiger partial charge in [0.15, 0.2) is 12.7 Å². The maximum absolute atomic E-state index is 12.0. The van der Waals surface area contributed by atoms with Crippen molar-refractivity contribution in [1.29, 1.82) is 0 Å². The Morgan fingerprint density at radius 2 is 1.81 bits per heavy atom. The van der Waals surface area contributed by atoms with Gasteiger partial charge in [-0.1, -0.05) is 41.4 Å². The molecule has 0 saturated heterocycles. The average molecular weight is 377 g/mol. The highest BCUT2D eigenvalue weighted by Gasteiger charge is 2.16. The van der Waals surface area contributed by atoms with E-state index in [9.17, 15) is 9.59 Å². The quantitative estimate of drug-likeness (QED) is 0.760. The predicted molar refractivity (Wildman–Crippen MR) is 99.2 cm³/mol. The SMILES string of the molecule is Cc1ccc(OCC(=O)NNC(=O)C(C)Oc2ccccc2Cl)c(C)c1. The van der Waals surface area contributed by atoms with Gasteiger partial charge in [-0.3, -0.25) is 20.4 Å². The molecule has 2 N–H and O–H groups in total. The Kier molecular flexibility index (Phi) is 6.86. The van der Waals surface area contributed by atoms with Gasteiger partial charge in [0, 0.05) is 0 Å². The minimum Gasteiger partial charge on any atom is -0.483 e. The molecule has 0 aromatic heterocycles. The van der Waals surface area contributed by atoms with Gasteiger partial charge in [0.05, 0.1) is 5.02 Å². The van der Waals surface area contributed by atoms with Gasteiger partial charge in [0.2, 0.25) is 0 Å². The average Bonchev–Trinajstić information content (AvgIpc) is 2.60. The van der Waals surface area contributed by atoms with E-state index in [1.54, 1.807) is 37.3 Å². The summed E-state index contributed by atoms with van der Waals surface area (Å²) in [5, 5.41) is 0.401. The lowest BCUT2D eigenvalue weighted by molar-refractivity contribution is -0.133. The molecule has 0 heterocycles. The Morgan fingerprint density at radius 3 is 2.50 bits per heavy atom. The number of hydrogen-bond acceptors (Lipinski definition) is 4. The van der Waals surface area contributed by atoms with Gasteiger partial charge in [-0.05, 0) is 44.5 Å². The van der Waals surface area contributed by atoms with E-state index < -0.39 is 17.9 Å². The van der Waals surface area contributed by atoms with Gasteiger partial charge in [-0.2, -0.15) is 0 Å². The Hall–Kier alpha value is -2.73. The van der Waals surface area contributed by atoms with Gasteiger partial charge in [-0.15, -0.1) is 0 Å². The van der Waals surface area contributed by atoms with Gasteiger partial charge in [-0.25, -0.2) is 0 Å². The third kappa shape index (κ3) is 5.67. The molecule has 7 heteroatoms. The first kappa shape index (κ1) is 19.6. The molecule has 6 nitrogen and oxygen atoms in total. The van der Waals surface area contributed by atoms with Crippen LogP contribution in [0.4, 0.5) is 0 Å². The lowest BCUT2D eigenvalue weighted by Crippen LogP contribution is -2.48. The number of benzene rings is 2. The van der Waals surface area contributed by atoms with Crippen LogP contribution in [-0.2, 0) is 9.59 Å². The molecule has 1 unspecified atom stereocenters. The second-order valence-corrected chi connectivity index (χ2v) is 6.19. The number of amides is 2. The van der Waals surface area contributed by atoms with Crippen LogP contribution in [0.15, 0.2) is 42.5 Å². The van der Waals surface area contributed by atoms with Crippen LogP contribution in [0.3, 0.4) is 0 Å². The molecule has 0 aliphatic carbocycles. The maximum atomic E-state index is 12.0. The molecule has 0 bridgehead atoms. The van der Waals surface area contributed by atoms with Crippen molar-refractivity contribution >= 4 is 23.4 Å². The first-order valence-electron chi connectivity index (χ1n) is 8.06. The normalized spacial score (nSPS) is 11.4. The van der Waals surface area contributed by atoms with Crippen LogP contribution in [-0.4, -0.2) is 24.5 Å². The topological polar surface area (TPSA) is 76.7 Å². The number of rotatable bonds is 6. The van der Waals surface area contributed by atoms with Crippen LogP contribution >= 0.6 is 11.6 Å². The molecule has 0 fully saturated rings. The molecule has 0 saturated carbocycles. The molecule has 0 spiro atoms. The summed E-state index contributed by atoms with van der Waals surface area (Å²) in [6.45, 7) is 5.21. The monoisotopic (exact) mass is 376 g/mol. The summed E-state index contributed by atoms with van der Waals surface area (Å²) in [6, 6.07) is 12.5. The standard InChI is InChI=1S/C19H21ClN2O4/c1-12-8-9-16(13(2)10-12)25-11-18(23)21-22-19(24)14(3)26-17-7-5-4-6-15(17)20/h4-10,14H,11H2,1-3H3,(H,21,23)(H,22,24). The van der Waals surface area contributed by atoms with Crippen LogP contribution in [0.1, 0.15) is 18.1 Å². The summed E-state index contributed by atoms with van der Waals surface area (Å²) in [5.74, 6) is 0.0156. The number of carbonyl (C=O) groups is 2. The van der Waals surface area contributed by atoms with Crippen molar-refractivity contribution in [1.82, 2.24) is 10.9 Å². The van der Waals surface area contributed by atoms with Crippen LogP contribution < -0.4 is 20.3 Å². The molecule has 0 aliphatic heterocycles. The molecular formula is C19H21ClN2O4. The Bertz CT molecular complexity index is 795. The highest BCUT2D eigenvalue weighted by Crippen LogP contribution is 2.24. The number of nitrogens with one attached hydrogen (secondary N) is 2. The summed E-state index contributed by atoms with van der Waals surface area (Å²) in [5.41, 5.74) is 6.63. The third-order valence-corrected chi connectivity index (χ3v) is 3.84. The Morgan fingerprint density at radius 1 is 1.08 bits per heavy atom. The molecule has 0 radical (unpaired) electrons. The summed E-state index contributed by atoms with van der Waals surface area (Å²) < 4.78 is 10.9. The van der Waals surface area contributed by atoms with Gasteiger partial charge in [0.1, 0.15) is 11.5 Å². The number of aryl methyl sites for hydroxylation is 2. The fourth-order valence-corrected chi connectivity index (χ4v) is 2.34. The fraction of sp³-hybridized carbons (Fsp3) is 0.263. The highest BCUT2D eigenvalue weighted by atomic mass is 35.5. The summed E-state index contributed by atoms with van der Waals surface area (Å²) >= 11 is 5.98. The number of ether oxygens (including phenoxy) is 2. The predicted octanol–water partition coefficient (Wildman–Crippen LogP) is 2.95. The van der Waals surface area contributed by atoms with Crippen LogP contribution in [0.2, 0.25) is 5.02 Å². The minimum absolute atomic E-state index is 0.218. The van der Waals surface area contributed by atoms with E-state index in [1.807, 2.05) is 26.0 Å². The van der Waals surface area contributed by atoms with Crippen LogP contribution in [0.25, 0.3) is 0 Å². The van der Waals surface area contributed by atoms with Crippen molar-refractivity contribution in [2.45, 2.75) is 26.9 Å². The molecule has 0 aliphatic rings. The lowest BCUT2D eigenvalue weighted by Gasteiger charge is -2.16. The molecule has 26 heavy (non-hydrogen) atoms. The van der Waals surface area contributed by atoms with E-state index in [0.717, 1.165) is 11.1 Å². The first-order chi connectivity index (χ1) is 12.4. The third-order valence-electron chi connectivity index (χ3n) is 3.52. The zero-order valence-corrected chi connectivity index (χ0v) is 15.6. The van der Waals surface area contributed by atoms with E-state index in [0.29, 0.717) is 16.5 Å². The smallest absolute Gasteiger partial charge is 0.279 e. The number of para-hydroxylation sites is 1. The summed E-state index contributed by atoms with van der Waals surface area (Å²) in [7, 11) is 0. The summed E-state index contributed by atoms with van der Waals surface area (Å²) in [6.07, 6.45) is -0.838. The van der Waals surface area contributed by atoms with Crippen molar-refractivity contribution in [3.05, 3.63) is 58.6 Å². The molecule has 2 amide bonds. The van der Waals surface area contributed by atoms with Crippen molar-refractivity contribution in [3.63, 3.8) is 0 Å². The molecule has 2 aromatic carbocycles. The lowest BCUT2D eigenvalue weighted by atomic mass is 10.1. The van der Waals surface area contributed by atoms with E-state index in [2.05, 4.69) is 10.9 Å². The van der Waals surface area contributed by atoms with E-state index in [-0.39, 0.29) is 6.61 Å². The number of halogens is 1. The van der Waals surface area contributed by atoms with Crippen molar-refractivity contribution < 1.29 is 19.1 Å². The number of hydrogen-bond donors (Lipinski definition) is 2. The second-order valence-electron chi connectivity index (χ2n) is 5.79. The van der Waals surface area contributed by atoms with Crippen molar-refractivity contribution in [2.24, 2.45) is 0 Å². The fourth-order valence-electron chi connectivity index (χ4n) is 2.16. The maximum Gasteiger partial charge on any atom is 0.279 e. The molecule has 2 aromatic rings. The zero-order chi connectivity index (χ0) is 19.1. The van der Waals surface area contributed by atoms with Gasteiger partial charge in [0.25, 0.3) is 11.8 Å². The molecule has 2 rings (SSSR count). The minimum atomic E-state index is -0.838. The molecule has 1 atom stereocenters. The van der Waals surface area contributed by atoms with Crippen molar-refractivity contribution in [2.75, 3.05) is 6.61 Å². The van der Waals surface area contributed by atoms with E-state index in [4.69, 9.17) is 21.1 Å². The van der Waals surface area contributed by atoms with Gasteiger partial charge < -0.3 is 9.47 Å². The van der Waals surface area contributed by atoms with Crippen LogP contribution in [0.5, 0.6) is 11.5 Å². The van der Waals surface area contributed by atoms with Gasteiger partial charge >= 0.3 is 0 Å². The second kappa shape index (κ2) is 9.10. The zero-order valence-electron chi connectivity index (χ0n) is 14.8. The molecular weight excluding hydrogens is 356 g/mol. The number of carbonyl (C=O) groups excluding carboxylic acids is 2. The van der Waals surface area contributed by atoms with Crippen LogP contribution in [0, 0.1) is 13.8 Å². The van der Waals surface area contributed by atoms with E-state index in [1.165, 1.54) is 0 Å². The van der Waals surface area contributed by atoms with E-state index >= 15 is 0 Å². The van der Waals surface area contributed by atoms with Crippen molar-refractivity contribution in [3.8, 4) is 11.5 Å². The Labute approximate surface area is 157 Å². The number of hydrazine groups is 1.